The Hall–Kier alpha value is -0.550. The van der Waals surface area contributed by atoms with Crippen molar-refractivity contribution in [3.8, 4) is 5.75 Å². The molecule has 0 aliphatic rings. The average molecular weight is 366 g/mol. The van der Waals surface area contributed by atoms with Gasteiger partial charge in [-0.2, -0.15) is 0 Å². The molecule has 2 nitrogen and oxygen atoms in total. The fourth-order valence-corrected chi connectivity index (χ4v) is 3.14. The number of halogens is 3. The molecule has 1 heterocycles. The van der Waals surface area contributed by atoms with Gasteiger partial charge in [-0.05, 0) is 39.5 Å². The van der Waals surface area contributed by atoms with Crippen LogP contribution in [0.25, 0.3) is 0 Å². The maximum atomic E-state index is 11.9. The van der Waals surface area contributed by atoms with E-state index in [-0.39, 0.29) is 12.4 Å². The van der Waals surface area contributed by atoms with Crippen molar-refractivity contribution in [3.63, 3.8) is 0 Å². The van der Waals surface area contributed by atoms with Gasteiger partial charge in [-0.3, -0.25) is 4.79 Å². The summed E-state index contributed by atoms with van der Waals surface area (Å²) in [6.45, 7) is -0.0703. The summed E-state index contributed by atoms with van der Waals surface area (Å²) >= 11 is 16.4. The highest BCUT2D eigenvalue weighted by Crippen LogP contribution is 2.28. The van der Waals surface area contributed by atoms with E-state index in [1.54, 1.807) is 18.2 Å². The van der Waals surface area contributed by atoms with Crippen molar-refractivity contribution in [2.24, 2.45) is 0 Å². The molecular weight excluding hydrogens is 359 g/mol. The Morgan fingerprint density at radius 3 is 2.78 bits per heavy atom. The first kappa shape index (κ1) is 13.9. The van der Waals surface area contributed by atoms with Gasteiger partial charge in [0.1, 0.15) is 5.75 Å². The number of Topliss-reactive ketones (excluding diaryl/α,β-unsaturated/α-hetero) is 1. The van der Waals surface area contributed by atoms with Gasteiger partial charge in [-0.15, -0.1) is 11.3 Å². The summed E-state index contributed by atoms with van der Waals surface area (Å²) in [7, 11) is 0. The fraction of sp³-hybridized carbons (Fsp3) is 0.0833. The molecule has 0 saturated heterocycles. The maximum absolute atomic E-state index is 11.9. The van der Waals surface area contributed by atoms with Crippen LogP contribution in [0, 0.1) is 0 Å². The van der Waals surface area contributed by atoms with Gasteiger partial charge in [0.25, 0.3) is 0 Å². The monoisotopic (exact) mass is 364 g/mol. The smallest absolute Gasteiger partial charge is 0.211 e. The van der Waals surface area contributed by atoms with E-state index in [1.807, 2.05) is 11.4 Å². The molecule has 0 spiro atoms. The van der Waals surface area contributed by atoms with Crippen LogP contribution in [0.15, 0.2) is 34.1 Å². The zero-order valence-corrected chi connectivity index (χ0v) is 12.9. The molecule has 18 heavy (non-hydrogen) atoms. The normalized spacial score (nSPS) is 10.4. The summed E-state index contributed by atoms with van der Waals surface area (Å²) in [5, 5.41) is 2.78. The van der Waals surface area contributed by atoms with E-state index in [0.717, 1.165) is 4.47 Å². The topological polar surface area (TPSA) is 26.3 Å². The van der Waals surface area contributed by atoms with Crippen LogP contribution in [-0.2, 0) is 0 Å². The van der Waals surface area contributed by atoms with E-state index >= 15 is 0 Å². The Labute approximate surface area is 127 Å². The van der Waals surface area contributed by atoms with Crippen LogP contribution in [0.2, 0.25) is 10.0 Å². The van der Waals surface area contributed by atoms with E-state index < -0.39 is 0 Å². The molecule has 0 aliphatic heterocycles. The van der Waals surface area contributed by atoms with Gasteiger partial charge in [0.15, 0.2) is 6.61 Å². The lowest BCUT2D eigenvalue weighted by atomic mass is 10.3. The van der Waals surface area contributed by atoms with Gasteiger partial charge in [0.2, 0.25) is 5.78 Å². The molecule has 0 fully saturated rings. The highest BCUT2D eigenvalue weighted by molar-refractivity contribution is 9.10. The first-order valence-corrected chi connectivity index (χ1v) is 7.35. The van der Waals surface area contributed by atoms with Gasteiger partial charge in [0, 0.05) is 15.6 Å². The lowest BCUT2D eigenvalue weighted by Gasteiger charge is -2.07. The van der Waals surface area contributed by atoms with Crippen molar-refractivity contribution in [1.29, 1.82) is 0 Å². The standard InChI is InChI=1S/C12H7BrCl2O2S/c13-8-3-4-18-12(8)10(16)6-17-11-5-7(14)1-2-9(11)15/h1-5H,6H2. The van der Waals surface area contributed by atoms with Crippen LogP contribution in [-0.4, -0.2) is 12.4 Å². The van der Waals surface area contributed by atoms with Crippen LogP contribution in [0.3, 0.4) is 0 Å². The predicted octanol–water partition coefficient (Wildman–Crippen LogP) is 5.08. The number of hydrogen-bond acceptors (Lipinski definition) is 3. The van der Waals surface area contributed by atoms with Crippen LogP contribution in [0.1, 0.15) is 9.67 Å². The number of ether oxygens (including phenoxy) is 1. The van der Waals surface area contributed by atoms with Crippen molar-refractivity contribution in [2.75, 3.05) is 6.61 Å². The number of thiophene rings is 1. The number of rotatable bonds is 4. The van der Waals surface area contributed by atoms with E-state index in [1.165, 1.54) is 11.3 Å². The Morgan fingerprint density at radius 2 is 2.11 bits per heavy atom. The van der Waals surface area contributed by atoms with Crippen LogP contribution >= 0.6 is 50.5 Å². The third-order valence-corrected chi connectivity index (χ3v) is 4.55. The highest BCUT2D eigenvalue weighted by atomic mass is 79.9. The van der Waals surface area contributed by atoms with Crippen molar-refractivity contribution >= 4 is 56.3 Å². The van der Waals surface area contributed by atoms with Gasteiger partial charge < -0.3 is 4.74 Å². The summed E-state index contributed by atoms with van der Waals surface area (Å²) in [5.41, 5.74) is 0. The minimum atomic E-state index is -0.104. The molecule has 0 unspecified atom stereocenters. The summed E-state index contributed by atoms with van der Waals surface area (Å²) in [4.78, 5) is 12.5. The van der Waals surface area contributed by atoms with Crippen LogP contribution in [0.5, 0.6) is 5.75 Å². The first-order valence-electron chi connectivity index (χ1n) is 4.92. The molecule has 94 valence electrons. The summed E-state index contributed by atoms with van der Waals surface area (Å²) in [6, 6.07) is 6.70. The van der Waals surface area contributed by atoms with Crippen LogP contribution < -0.4 is 4.74 Å². The molecule has 0 radical (unpaired) electrons. The molecule has 2 aromatic rings. The number of ketones is 1. The fourth-order valence-electron chi connectivity index (χ4n) is 1.29. The molecule has 0 aliphatic carbocycles. The second kappa shape index (κ2) is 6.06. The third-order valence-electron chi connectivity index (χ3n) is 2.12. The zero-order valence-electron chi connectivity index (χ0n) is 8.95. The van der Waals surface area contributed by atoms with E-state index in [2.05, 4.69) is 15.9 Å². The third kappa shape index (κ3) is 3.26. The molecule has 1 aromatic carbocycles. The second-order valence-corrected chi connectivity index (χ2v) is 6.00. The quantitative estimate of drug-likeness (QED) is 0.706. The molecule has 0 N–H and O–H groups in total. The molecule has 2 rings (SSSR count). The minimum absolute atomic E-state index is 0.0703. The van der Waals surface area contributed by atoms with Crippen molar-refractivity contribution < 1.29 is 9.53 Å². The minimum Gasteiger partial charge on any atom is -0.484 e. The van der Waals surface area contributed by atoms with E-state index in [4.69, 9.17) is 27.9 Å². The first-order chi connectivity index (χ1) is 8.58. The molecule has 0 saturated carbocycles. The Balaban J connectivity index is 2.06. The summed E-state index contributed by atoms with van der Waals surface area (Å²) in [5.74, 6) is 0.304. The van der Waals surface area contributed by atoms with Crippen molar-refractivity contribution in [1.82, 2.24) is 0 Å². The molecule has 0 amide bonds. The largest absolute Gasteiger partial charge is 0.484 e. The zero-order chi connectivity index (χ0) is 13.1. The second-order valence-electron chi connectivity index (χ2n) is 3.38. The van der Waals surface area contributed by atoms with E-state index in [9.17, 15) is 4.79 Å². The molecule has 6 heteroatoms. The number of carbonyl (C=O) groups excluding carboxylic acids is 1. The van der Waals surface area contributed by atoms with Gasteiger partial charge in [-0.1, -0.05) is 23.2 Å². The summed E-state index contributed by atoms with van der Waals surface area (Å²) < 4.78 is 6.15. The highest BCUT2D eigenvalue weighted by Gasteiger charge is 2.13. The van der Waals surface area contributed by atoms with Crippen molar-refractivity contribution in [3.05, 3.63) is 49.0 Å². The molecule has 0 atom stereocenters. The van der Waals surface area contributed by atoms with Gasteiger partial charge >= 0.3 is 0 Å². The van der Waals surface area contributed by atoms with Crippen molar-refractivity contribution in [2.45, 2.75) is 0 Å². The lowest BCUT2D eigenvalue weighted by Crippen LogP contribution is -2.10. The predicted molar refractivity (Wildman–Crippen MR) is 78.3 cm³/mol. The number of hydrogen-bond donors (Lipinski definition) is 0. The van der Waals surface area contributed by atoms with Crippen LogP contribution in [0.4, 0.5) is 0 Å². The Kier molecular flexibility index (Phi) is 4.67. The Morgan fingerprint density at radius 1 is 1.33 bits per heavy atom. The SMILES string of the molecule is O=C(COc1cc(Cl)ccc1Cl)c1sccc1Br. The summed E-state index contributed by atoms with van der Waals surface area (Å²) in [6.07, 6.45) is 0. The van der Waals surface area contributed by atoms with Gasteiger partial charge in [0.05, 0.1) is 9.90 Å². The van der Waals surface area contributed by atoms with Gasteiger partial charge in [-0.25, -0.2) is 0 Å². The maximum Gasteiger partial charge on any atom is 0.211 e. The molecular formula is C12H7BrCl2O2S. The average Bonchev–Trinajstić information content (AvgIpc) is 2.76. The lowest BCUT2D eigenvalue weighted by molar-refractivity contribution is 0.0925. The number of benzene rings is 1. The Bertz CT molecular complexity index is 583. The molecule has 0 bridgehead atoms. The van der Waals surface area contributed by atoms with E-state index in [0.29, 0.717) is 20.7 Å². The molecule has 1 aromatic heterocycles. The number of carbonyl (C=O) groups is 1.